The zero-order valence-electron chi connectivity index (χ0n) is 22.1. The van der Waals surface area contributed by atoms with Crippen molar-refractivity contribution in [2.75, 3.05) is 32.1 Å². The summed E-state index contributed by atoms with van der Waals surface area (Å²) in [7, 11) is 2.99. The number of Topliss-reactive ketones (excluding diaryl/α,β-unsaturated/α-hetero) is 1. The Morgan fingerprint density at radius 1 is 1.20 bits per heavy atom. The first-order valence-electron chi connectivity index (χ1n) is 12.8. The molecule has 1 fully saturated rings. The number of amides is 4. The third kappa shape index (κ3) is 5.14. The van der Waals surface area contributed by atoms with Gasteiger partial charge in [-0.2, -0.15) is 0 Å². The fourth-order valence-electron chi connectivity index (χ4n) is 5.32. The minimum Gasteiger partial charge on any atom is -0.497 e. The molecule has 2 atom stereocenters. The second-order valence-corrected chi connectivity index (χ2v) is 9.84. The van der Waals surface area contributed by atoms with Crippen LogP contribution in [0.25, 0.3) is 0 Å². The van der Waals surface area contributed by atoms with Crippen LogP contribution in [0.5, 0.6) is 5.75 Å². The van der Waals surface area contributed by atoms with Crippen LogP contribution in [0.3, 0.4) is 0 Å². The number of nitrogens with zero attached hydrogens (tertiary/aromatic N) is 2. The molecule has 2 aliphatic carbocycles. The maximum Gasteiger partial charge on any atom is 0.411 e. The number of fused-ring (bicyclic) bond motifs is 1. The SMILES string of the molecule is CNC(=O)NC1C=CC2=C(CC[C@]23CN(CC(=O)N(Cc2ccc(F)cc2)c2cccc(OC)c2)C(=O)O3)C1=O. The summed E-state index contributed by atoms with van der Waals surface area (Å²) in [5.74, 6) is -0.447. The van der Waals surface area contributed by atoms with Gasteiger partial charge in [0.15, 0.2) is 11.4 Å². The minimum atomic E-state index is -1.05. The molecule has 40 heavy (non-hydrogen) atoms. The molecule has 5 rings (SSSR count). The van der Waals surface area contributed by atoms with E-state index in [1.54, 1.807) is 48.6 Å². The number of halogens is 1. The molecule has 2 aromatic rings. The summed E-state index contributed by atoms with van der Waals surface area (Å²) in [5.41, 5.74) is 1.33. The molecular formula is C29H29FN4O6. The standard InChI is InChI=1S/C29H29FN4O6/c1-31-27(37)32-24-11-10-23-22(26(24)36)12-13-29(23)17-33(28(38)40-29)16-25(35)34(15-18-6-8-19(30)9-7-18)20-4-3-5-21(14-20)39-2/h3-11,14,24H,12-13,15-17H2,1-2H3,(H2,31,32,37)/t24?,29-/m0/s1. The third-order valence-corrected chi connectivity index (χ3v) is 7.38. The van der Waals surface area contributed by atoms with Crippen molar-refractivity contribution in [3.63, 3.8) is 0 Å². The van der Waals surface area contributed by atoms with Crippen molar-refractivity contribution in [3.8, 4) is 5.75 Å². The fraction of sp³-hybridized carbons (Fsp3) is 0.310. The summed E-state index contributed by atoms with van der Waals surface area (Å²) < 4.78 is 24.6. The van der Waals surface area contributed by atoms with Gasteiger partial charge in [0.05, 0.1) is 20.2 Å². The number of carbonyl (C=O) groups is 4. The first-order valence-corrected chi connectivity index (χ1v) is 12.8. The zero-order chi connectivity index (χ0) is 28.4. The van der Waals surface area contributed by atoms with Crippen molar-refractivity contribution in [3.05, 3.63) is 83.2 Å². The van der Waals surface area contributed by atoms with Crippen molar-refractivity contribution >= 4 is 29.5 Å². The van der Waals surface area contributed by atoms with Crippen LogP contribution in [0.15, 0.2) is 71.8 Å². The van der Waals surface area contributed by atoms with Gasteiger partial charge in [0.2, 0.25) is 5.91 Å². The lowest BCUT2D eigenvalue weighted by atomic mass is 9.89. The van der Waals surface area contributed by atoms with Gasteiger partial charge >= 0.3 is 12.1 Å². The second kappa shape index (κ2) is 10.8. The van der Waals surface area contributed by atoms with Gasteiger partial charge in [0.25, 0.3) is 0 Å². The molecule has 2 N–H and O–H groups in total. The Bertz CT molecular complexity index is 1420. The smallest absolute Gasteiger partial charge is 0.411 e. The van der Waals surface area contributed by atoms with Gasteiger partial charge in [-0.3, -0.25) is 14.5 Å². The van der Waals surface area contributed by atoms with Crippen molar-refractivity contribution in [2.45, 2.75) is 31.0 Å². The van der Waals surface area contributed by atoms with E-state index in [0.717, 1.165) is 0 Å². The Kier molecular flexibility index (Phi) is 7.29. The normalized spacial score (nSPS) is 21.4. The first kappa shape index (κ1) is 26.9. The first-order chi connectivity index (χ1) is 19.2. The maximum absolute atomic E-state index is 13.7. The van der Waals surface area contributed by atoms with Crippen LogP contribution >= 0.6 is 0 Å². The van der Waals surface area contributed by atoms with E-state index in [4.69, 9.17) is 9.47 Å². The summed E-state index contributed by atoms with van der Waals surface area (Å²) in [6.45, 7) is -0.0171. The molecule has 1 aliphatic heterocycles. The van der Waals surface area contributed by atoms with Crippen LogP contribution in [0.2, 0.25) is 0 Å². The number of rotatable bonds is 7. The number of ketones is 1. The van der Waals surface area contributed by atoms with Crippen molar-refractivity contribution in [1.82, 2.24) is 15.5 Å². The topological polar surface area (TPSA) is 117 Å². The van der Waals surface area contributed by atoms with Crippen LogP contribution in [0.1, 0.15) is 18.4 Å². The quantitative estimate of drug-likeness (QED) is 0.549. The van der Waals surface area contributed by atoms with Crippen LogP contribution in [-0.2, 0) is 20.9 Å². The Hall–Kier alpha value is -4.67. The lowest BCUT2D eigenvalue weighted by molar-refractivity contribution is -0.119. The van der Waals surface area contributed by atoms with Gasteiger partial charge in [-0.15, -0.1) is 0 Å². The number of anilines is 1. The molecule has 1 saturated heterocycles. The van der Waals surface area contributed by atoms with Crippen LogP contribution < -0.4 is 20.3 Å². The Morgan fingerprint density at radius 3 is 2.70 bits per heavy atom. The summed E-state index contributed by atoms with van der Waals surface area (Å²) in [6.07, 6.45) is 3.44. The number of ether oxygens (including phenoxy) is 2. The van der Waals surface area contributed by atoms with E-state index in [0.29, 0.717) is 41.0 Å². The molecule has 0 saturated carbocycles. The van der Waals surface area contributed by atoms with Gasteiger partial charge in [0, 0.05) is 29.9 Å². The summed E-state index contributed by atoms with van der Waals surface area (Å²) in [4.78, 5) is 54.3. The van der Waals surface area contributed by atoms with E-state index >= 15 is 0 Å². The summed E-state index contributed by atoms with van der Waals surface area (Å²) in [6, 6.07) is 11.5. The molecule has 1 spiro atoms. The number of hydrogen-bond donors (Lipinski definition) is 2. The highest BCUT2D eigenvalue weighted by Gasteiger charge is 2.53. The van der Waals surface area contributed by atoms with E-state index in [2.05, 4.69) is 10.6 Å². The summed E-state index contributed by atoms with van der Waals surface area (Å²) in [5, 5.41) is 5.02. The molecular weight excluding hydrogens is 519 g/mol. The third-order valence-electron chi connectivity index (χ3n) is 7.38. The minimum absolute atomic E-state index is 0.101. The zero-order valence-corrected chi connectivity index (χ0v) is 22.1. The molecule has 11 heteroatoms. The van der Waals surface area contributed by atoms with Gasteiger partial charge < -0.3 is 25.0 Å². The fourth-order valence-corrected chi connectivity index (χ4v) is 5.32. The van der Waals surface area contributed by atoms with Gasteiger partial charge in [-0.05, 0) is 42.7 Å². The Morgan fingerprint density at radius 2 is 1.98 bits per heavy atom. The maximum atomic E-state index is 13.7. The highest BCUT2D eigenvalue weighted by molar-refractivity contribution is 6.06. The van der Waals surface area contributed by atoms with Crippen molar-refractivity contribution in [2.24, 2.45) is 0 Å². The largest absolute Gasteiger partial charge is 0.497 e. The highest BCUT2D eigenvalue weighted by Crippen LogP contribution is 2.45. The number of urea groups is 1. The number of methoxy groups -OCH3 is 1. The molecule has 2 aromatic carbocycles. The molecule has 0 aromatic heterocycles. The Balaban J connectivity index is 1.35. The molecule has 3 aliphatic rings. The predicted octanol–water partition coefficient (Wildman–Crippen LogP) is 3.09. The lowest BCUT2D eigenvalue weighted by Gasteiger charge is -2.27. The molecule has 1 unspecified atom stereocenters. The number of hydrogen-bond acceptors (Lipinski definition) is 6. The van der Waals surface area contributed by atoms with E-state index in [1.807, 2.05) is 0 Å². The van der Waals surface area contributed by atoms with E-state index < -0.39 is 23.8 Å². The molecule has 0 radical (unpaired) electrons. The van der Waals surface area contributed by atoms with Crippen LogP contribution in [0.4, 0.5) is 19.7 Å². The highest BCUT2D eigenvalue weighted by atomic mass is 19.1. The van der Waals surface area contributed by atoms with E-state index in [-0.39, 0.29) is 37.1 Å². The summed E-state index contributed by atoms with van der Waals surface area (Å²) >= 11 is 0. The molecule has 0 bridgehead atoms. The number of nitrogens with one attached hydrogen (secondary N) is 2. The molecule has 208 valence electrons. The average molecular weight is 549 g/mol. The van der Waals surface area contributed by atoms with Crippen molar-refractivity contribution in [1.29, 1.82) is 0 Å². The number of benzene rings is 2. The Labute approximate surface area is 230 Å². The molecule has 10 nitrogen and oxygen atoms in total. The van der Waals surface area contributed by atoms with E-state index in [1.165, 1.54) is 36.1 Å². The van der Waals surface area contributed by atoms with Crippen molar-refractivity contribution < 1.29 is 33.0 Å². The average Bonchev–Trinajstić information content (AvgIpc) is 3.47. The second-order valence-electron chi connectivity index (χ2n) is 9.84. The predicted molar refractivity (Wildman–Crippen MR) is 143 cm³/mol. The van der Waals surface area contributed by atoms with Gasteiger partial charge in [-0.1, -0.05) is 30.4 Å². The van der Waals surface area contributed by atoms with Gasteiger partial charge in [0.1, 0.15) is 24.2 Å². The number of carbonyl (C=O) groups excluding carboxylic acids is 4. The van der Waals surface area contributed by atoms with E-state index in [9.17, 15) is 23.6 Å². The van der Waals surface area contributed by atoms with Crippen LogP contribution in [0, 0.1) is 5.82 Å². The monoisotopic (exact) mass is 548 g/mol. The molecule has 4 amide bonds. The van der Waals surface area contributed by atoms with Crippen LogP contribution in [-0.4, -0.2) is 67.6 Å². The van der Waals surface area contributed by atoms with Gasteiger partial charge in [-0.25, -0.2) is 14.0 Å². The molecule has 1 heterocycles. The lowest BCUT2D eigenvalue weighted by Crippen LogP contribution is -2.45.